The number of carbonyl (C=O) groups excluding carboxylic acids is 1. The molecule has 1 aromatic rings. The first-order valence-corrected chi connectivity index (χ1v) is 6.35. The number of halogens is 2. The predicted molar refractivity (Wildman–Crippen MR) is 70.0 cm³/mol. The second kappa shape index (κ2) is 6.72. The Labute approximate surface area is 111 Å². The van der Waals surface area contributed by atoms with Crippen LogP contribution in [0.3, 0.4) is 0 Å². The van der Waals surface area contributed by atoms with Gasteiger partial charge in [0.05, 0.1) is 10.6 Å². The fourth-order valence-electron chi connectivity index (χ4n) is 1.50. The number of carbonyl (C=O) groups is 1. The van der Waals surface area contributed by atoms with Crippen LogP contribution in [0.15, 0.2) is 18.2 Å². The van der Waals surface area contributed by atoms with E-state index < -0.39 is 0 Å². The van der Waals surface area contributed by atoms with Crippen molar-refractivity contribution in [2.75, 3.05) is 19.0 Å². The first-order valence-electron chi connectivity index (χ1n) is 5.44. The Morgan fingerprint density at radius 1 is 1.47 bits per heavy atom. The lowest BCUT2D eigenvalue weighted by molar-refractivity contribution is 0.0764. The fraction of sp³-hybridized carbons (Fsp3) is 0.417. The number of hydrogen-bond donors (Lipinski definition) is 1. The van der Waals surface area contributed by atoms with Crippen molar-refractivity contribution in [2.45, 2.75) is 13.3 Å². The van der Waals surface area contributed by atoms with E-state index in [1.165, 1.54) is 18.2 Å². The van der Waals surface area contributed by atoms with Crippen molar-refractivity contribution in [2.24, 2.45) is 0 Å². The Bertz CT molecular complexity index is 396. The van der Waals surface area contributed by atoms with Crippen LogP contribution in [-0.2, 0) is 0 Å². The molecule has 0 unspecified atom stereocenters. The van der Waals surface area contributed by atoms with Crippen molar-refractivity contribution in [1.82, 2.24) is 4.90 Å². The van der Waals surface area contributed by atoms with E-state index in [4.69, 9.17) is 23.2 Å². The highest BCUT2D eigenvalue weighted by molar-refractivity contribution is 6.33. The predicted octanol–water partition coefficient (Wildman–Crippen LogP) is 3.14. The molecule has 0 radical (unpaired) electrons. The third-order valence-electron chi connectivity index (χ3n) is 2.41. The highest BCUT2D eigenvalue weighted by Crippen LogP contribution is 2.22. The number of aromatic hydroxyl groups is 1. The highest BCUT2D eigenvalue weighted by atomic mass is 35.5. The van der Waals surface area contributed by atoms with Crippen LogP contribution in [0.4, 0.5) is 0 Å². The van der Waals surface area contributed by atoms with Gasteiger partial charge >= 0.3 is 0 Å². The number of benzene rings is 1. The molecular formula is C12H15Cl2NO2. The van der Waals surface area contributed by atoms with Gasteiger partial charge in [-0.3, -0.25) is 4.79 Å². The van der Waals surface area contributed by atoms with Gasteiger partial charge in [0, 0.05) is 19.0 Å². The molecule has 0 fully saturated rings. The maximum Gasteiger partial charge on any atom is 0.255 e. The number of phenolic OH excluding ortho intramolecular Hbond substituents is 1. The lowest BCUT2D eigenvalue weighted by atomic mass is 10.2. The summed E-state index contributed by atoms with van der Waals surface area (Å²) in [4.78, 5) is 13.8. The minimum atomic E-state index is -0.182. The summed E-state index contributed by atoms with van der Waals surface area (Å²) in [6, 6.07) is 4.35. The molecule has 1 amide bonds. The van der Waals surface area contributed by atoms with Crippen LogP contribution in [0.1, 0.15) is 23.7 Å². The van der Waals surface area contributed by atoms with E-state index in [0.717, 1.165) is 6.42 Å². The molecule has 94 valence electrons. The normalized spacial score (nSPS) is 10.3. The Hall–Kier alpha value is -0.930. The lowest BCUT2D eigenvalue weighted by Gasteiger charge is -2.21. The first-order chi connectivity index (χ1) is 8.10. The van der Waals surface area contributed by atoms with Gasteiger partial charge in [0.25, 0.3) is 5.91 Å². The molecule has 0 aliphatic rings. The van der Waals surface area contributed by atoms with Crippen LogP contribution in [0, 0.1) is 0 Å². The van der Waals surface area contributed by atoms with Gasteiger partial charge in [0.2, 0.25) is 0 Å². The molecule has 5 heteroatoms. The molecule has 0 spiro atoms. The molecule has 0 saturated heterocycles. The first kappa shape index (κ1) is 14.1. The van der Waals surface area contributed by atoms with Crippen LogP contribution < -0.4 is 0 Å². The van der Waals surface area contributed by atoms with Gasteiger partial charge in [0.1, 0.15) is 5.75 Å². The van der Waals surface area contributed by atoms with Crippen LogP contribution >= 0.6 is 23.2 Å². The summed E-state index contributed by atoms with van der Waals surface area (Å²) < 4.78 is 0. The molecule has 0 aromatic heterocycles. The minimum absolute atomic E-state index is 0.0335. The van der Waals surface area contributed by atoms with Crippen molar-refractivity contribution in [3.63, 3.8) is 0 Å². The van der Waals surface area contributed by atoms with E-state index in [2.05, 4.69) is 0 Å². The van der Waals surface area contributed by atoms with E-state index in [9.17, 15) is 9.90 Å². The van der Waals surface area contributed by atoms with Crippen molar-refractivity contribution in [1.29, 1.82) is 0 Å². The number of rotatable bonds is 5. The van der Waals surface area contributed by atoms with Gasteiger partial charge in [-0.1, -0.05) is 11.6 Å². The zero-order valence-corrected chi connectivity index (χ0v) is 11.1. The van der Waals surface area contributed by atoms with Crippen LogP contribution in [0.2, 0.25) is 5.02 Å². The summed E-state index contributed by atoms with van der Waals surface area (Å²) in [6.45, 7) is 3.06. The molecule has 0 heterocycles. The van der Waals surface area contributed by atoms with Crippen molar-refractivity contribution in [3.8, 4) is 5.75 Å². The third kappa shape index (κ3) is 3.79. The fourth-order valence-corrected chi connectivity index (χ4v) is 1.82. The summed E-state index contributed by atoms with van der Waals surface area (Å²) in [5.74, 6) is 0.363. The molecule has 17 heavy (non-hydrogen) atoms. The highest BCUT2D eigenvalue weighted by Gasteiger charge is 2.17. The Balaban J connectivity index is 2.89. The molecule has 0 aliphatic carbocycles. The number of alkyl halides is 1. The minimum Gasteiger partial charge on any atom is -0.508 e. The van der Waals surface area contributed by atoms with Crippen molar-refractivity contribution in [3.05, 3.63) is 28.8 Å². The average molecular weight is 276 g/mol. The second-order valence-electron chi connectivity index (χ2n) is 3.59. The third-order valence-corrected chi connectivity index (χ3v) is 3.01. The van der Waals surface area contributed by atoms with Gasteiger partial charge in [0.15, 0.2) is 0 Å². The summed E-state index contributed by atoms with van der Waals surface area (Å²) in [5.41, 5.74) is 0.322. The summed E-state index contributed by atoms with van der Waals surface area (Å²) in [5, 5.41) is 9.71. The molecule has 1 N–H and O–H groups in total. The quantitative estimate of drug-likeness (QED) is 0.839. The molecular weight excluding hydrogens is 261 g/mol. The summed E-state index contributed by atoms with van der Waals surface area (Å²) >= 11 is 11.5. The standard InChI is InChI=1S/C12H15Cl2NO2/c1-2-15(7-3-6-13)12(17)10-8-9(16)4-5-11(10)14/h4-5,8,16H,2-3,6-7H2,1H3. The Morgan fingerprint density at radius 3 is 2.76 bits per heavy atom. The largest absolute Gasteiger partial charge is 0.508 e. The Kier molecular flexibility index (Phi) is 5.59. The average Bonchev–Trinajstić information content (AvgIpc) is 2.33. The maximum atomic E-state index is 12.1. The molecule has 0 bridgehead atoms. The van der Waals surface area contributed by atoms with Gasteiger partial charge in [-0.15, -0.1) is 11.6 Å². The topological polar surface area (TPSA) is 40.5 Å². The van der Waals surface area contributed by atoms with E-state index >= 15 is 0 Å². The van der Waals surface area contributed by atoms with Gasteiger partial charge in [-0.25, -0.2) is 0 Å². The van der Waals surface area contributed by atoms with E-state index in [0.29, 0.717) is 29.6 Å². The van der Waals surface area contributed by atoms with Gasteiger partial charge in [-0.2, -0.15) is 0 Å². The SMILES string of the molecule is CCN(CCCCl)C(=O)c1cc(O)ccc1Cl. The zero-order chi connectivity index (χ0) is 12.8. The molecule has 0 atom stereocenters. The number of phenols is 1. The second-order valence-corrected chi connectivity index (χ2v) is 4.38. The summed E-state index contributed by atoms with van der Waals surface area (Å²) in [7, 11) is 0. The van der Waals surface area contributed by atoms with Crippen LogP contribution in [0.25, 0.3) is 0 Å². The molecule has 1 aromatic carbocycles. The molecule has 0 saturated carbocycles. The summed E-state index contributed by atoms with van der Waals surface area (Å²) in [6.07, 6.45) is 0.734. The number of nitrogens with zero attached hydrogens (tertiary/aromatic N) is 1. The van der Waals surface area contributed by atoms with Crippen LogP contribution in [-0.4, -0.2) is 34.9 Å². The van der Waals surface area contributed by atoms with Gasteiger partial charge in [-0.05, 0) is 31.5 Å². The Morgan fingerprint density at radius 2 is 2.18 bits per heavy atom. The van der Waals surface area contributed by atoms with E-state index in [1.807, 2.05) is 6.92 Å². The lowest BCUT2D eigenvalue weighted by Crippen LogP contribution is -2.32. The monoisotopic (exact) mass is 275 g/mol. The molecule has 0 aliphatic heterocycles. The van der Waals surface area contributed by atoms with E-state index in [1.54, 1.807) is 4.90 Å². The van der Waals surface area contributed by atoms with Crippen LogP contribution in [0.5, 0.6) is 5.75 Å². The number of amides is 1. The number of hydrogen-bond acceptors (Lipinski definition) is 2. The molecule has 3 nitrogen and oxygen atoms in total. The van der Waals surface area contributed by atoms with Crippen molar-refractivity contribution >= 4 is 29.1 Å². The molecule has 1 rings (SSSR count). The van der Waals surface area contributed by atoms with E-state index in [-0.39, 0.29) is 11.7 Å². The van der Waals surface area contributed by atoms with Crippen molar-refractivity contribution < 1.29 is 9.90 Å². The zero-order valence-electron chi connectivity index (χ0n) is 9.62. The maximum absolute atomic E-state index is 12.1. The smallest absolute Gasteiger partial charge is 0.255 e. The van der Waals surface area contributed by atoms with Gasteiger partial charge < -0.3 is 10.0 Å².